The molecular formula is C36H26B2F8FeN6O2. The van der Waals surface area contributed by atoms with Crippen molar-refractivity contribution in [2.75, 3.05) is 14.2 Å². The molecule has 2 aromatic carbocycles. The minimum atomic E-state index is -6.00. The summed E-state index contributed by atoms with van der Waals surface area (Å²) in [5.74, 6) is 1.16. The van der Waals surface area contributed by atoms with Crippen LogP contribution in [0.15, 0.2) is 122 Å². The number of rotatable bonds is 4. The van der Waals surface area contributed by atoms with E-state index < -0.39 is 14.5 Å². The molecule has 0 radical (unpaired) electrons. The van der Waals surface area contributed by atoms with Crippen LogP contribution in [-0.4, -0.2) is 58.6 Å². The molecule has 0 saturated carbocycles. The van der Waals surface area contributed by atoms with E-state index in [1.54, 1.807) is 26.6 Å². The summed E-state index contributed by atoms with van der Waals surface area (Å²) in [4.78, 5) is 27.4. The second kappa shape index (κ2) is 18.4. The van der Waals surface area contributed by atoms with Crippen molar-refractivity contribution >= 4 is 58.1 Å². The van der Waals surface area contributed by atoms with Gasteiger partial charge >= 0.3 is 31.6 Å². The molecule has 0 amide bonds. The summed E-state index contributed by atoms with van der Waals surface area (Å²) in [6.45, 7) is 0. The van der Waals surface area contributed by atoms with Crippen molar-refractivity contribution in [2.45, 2.75) is 0 Å². The number of ether oxygens (including phenoxy) is 2. The number of nitrogens with zero attached hydrogens (tertiary/aromatic N) is 6. The van der Waals surface area contributed by atoms with Crippen LogP contribution in [0.2, 0.25) is 0 Å². The fourth-order valence-corrected chi connectivity index (χ4v) is 5.08. The third-order valence-electron chi connectivity index (χ3n) is 7.25. The van der Waals surface area contributed by atoms with Gasteiger partial charge in [-0.05, 0) is 36.4 Å². The van der Waals surface area contributed by atoms with Crippen molar-refractivity contribution in [1.29, 1.82) is 0 Å². The fraction of sp³-hybridized carbons (Fsp3) is 0.0556. The average Bonchev–Trinajstić information content (AvgIpc) is 3.16. The molecule has 55 heavy (non-hydrogen) atoms. The molecule has 8 aromatic rings. The largest absolute Gasteiger partial charge is 2.00 e. The SMILES string of the molecule is COc1cccc(-c2ccc3ccc4cccnc4c3n2)n1.COc1cccc(-c2ccc3ccc4cccnc4c3n2)n1.F[B-](F)(F)F.F[B-](F)(F)F.[Fe+2]. The van der Waals surface area contributed by atoms with Gasteiger partial charge in [-0.25, -0.2) is 19.9 Å². The third-order valence-corrected chi connectivity index (χ3v) is 7.25. The molecule has 6 heterocycles. The Morgan fingerprint density at radius 1 is 0.382 bits per heavy atom. The molecule has 0 aliphatic rings. The van der Waals surface area contributed by atoms with E-state index in [-0.39, 0.29) is 17.1 Å². The number of benzene rings is 2. The Kier molecular flexibility index (Phi) is 14.0. The van der Waals surface area contributed by atoms with Crippen LogP contribution in [0.4, 0.5) is 34.5 Å². The molecule has 0 saturated heterocycles. The van der Waals surface area contributed by atoms with Crippen LogP contribution in [-0.2, 0) is 17.1 Å². The average molecular weight is 804 g/mol. The maximum atomic E-state index is 9.75. The molecule has 8 nitrogen and oxygen atoms in total. The summed E-state index contributed by atoms with van der Waals surface area (Å²) >= 11 is 0. The Labute approximate surface area is 318 Å². The molecule has 0 aliphatic heterocycles. The molecule has 0 N–H and O–H groups in total. The van der Waals surface area contributed by atoms with E-state index >= 15 is 0 Å². The van der Waals surface area contributed by atoms with Crippen LogP contribution >= 0.6 is 0 Å². The van der Waals surface area contributed by atoms with Crippen molar-refractivity contribution < 1.29 is 61.1 Å². The zero-order chi connectivity index (χ0) is 38.9. The normalized spacial score (nSPS) is 10.9. The first-order valence-corrected chi connectivity index (χ1v) is 15.8. The molecule has 282 valence electrons. The van der Waals surface area contributed by atoms with Gasteiger partial charge < -0.3 is 44.0 Å². The zero-order valence-corrected chi connectivity index (χ0v) is 29.7. The minimum Gasteiger partial charge on any atom is -0.481 e. The second-order valence-corrected chi connectivity index (χ2v) is 10.9. The molecule has 0 bridgehead atoms. The zero-order valence-electron chi connectivity index (χ0n) is 28.6. The van der Waals surface area contributed by atoms with Crippen LogP contribution in [0.25, 0.3) is 66.4 Å². The van der Waals surface area contributed by atoms with E-state index in [1.807, 2.05) is 84.9 Å². The van der Waals surface area contributed by atoms with Crippen LogP contribution in [0.5, 0.6) is 11.8 Å². The van der Waals surface area contributed by atoms with Crippen LogP contribution in [0, 0.1) is 0 Å². The van der Waals surface area contributed by atoms with Crippen molar-refractivity contribution in [3.63, 3.8) is 0 Å². The maximum Gasteiger partial charge on any atom is 2.00 e. The third kappa shape index (κ3) is 12.0. The van der Waals surface area contributed by atoms with Gasteiger partial charge in [0, 0.05) is 46.1 Å². The van der Waals surface area contributed by atoms with E-state index in [0.717, 1.165) is 66.4 Å². The minimum absolute atomic E-state index is 0. The van der Waals surface area contributed by atoms with Gasteiger partial charge in [-0.2, -0.15) is 0 Å². The first kappa shape index (κ1) is 41.8. The summed E-state index contributed by atoms with van der Waals surface area (Å²) < 4.78 is 88.4. The number of hydrogen-bond acceptors (Lipinski definition) is 8. The molecule has 0 atom stereocenters. The molecule has 0 unspecified atom stereocenters. The summed E-state index contributed by atoms with van der Waals surface area (Å²) in [6.07, 6.45) is 3.58. The quantitative estimate of drug-likeness (QED) is 0.0986. The summed E-state index contributed by atoms with van der Waals surface area (Å²) in [7, 11) is -8.78. The van der Waals surface area contributed by atoms with Crippen molar-refractivity contribution in [2.24, 2.45) is 0 Å². The van der Waals surface area contributed by atoms with Gasteiger partial charge in [-0.15, -0.1) is 0 Å². The topological polar surface area (TPSA) is 95.8 Å². The number of methoxy groups -OCH3 is 2. The predicted molar refractivity (Wildman–Crippen MR) is 194 cm³/mol. The van der Waals surface area contributed by atoms with Gasteiger partial charge in [-0.1, -0.05) is 60.7 Å². The molecule has 0 aliphatic carbocycles. The van der Waals surface area contributed by atoms with Gasteiger partial charge in [0.2, 0.25) is 11.8 Å². The van der Waals surface area contributed by atoms with Crippen LogP contribution in [0.3, 0.4) is 0 Å². The number of aromatic nitrogens is 6. The summed E-state index contributed by atoms with van der Waals surface area (Å²) in [5, 5.41) is 4.30. The van der Waals surface area contributed by atoms with Crippen LogP contribution in [0.1, 0.15) is 0 Å². The van der Waals surface area contributed by atoms with E-state index in [1.165, 1.54) is 0 Å². The van der Waals surface area contributed by atoms with Gasteiger partial charge in [0.25, 0.3) is 0 Å². The number of hydrogen-bond donors (Lipinski definition) is 0. The smallest absolute Gasteiger partial charge is 0.481 e. The summed E-state index contributed by atoms with van der Waals surface area (Å²) in [5.41, 5.74) is 6.78. The number of fused-ring (bicyclic) bond motifs is 6. The number of pyridine rings is 6. The molecular weight excluding hydrogens is 778 g/mol. The van der Waals surface area contributed by atoms with Gasteiger partial charge in [0.05, 0.1) is 59.1 Å². The second-order valence-electron chi connectivity index (χ2n) is 10.9. The Balaban J connectivity index is 0.000000194. The fourth-order valence-electron chi connectivity index (χ4n) is 5.08. The first-order valence-electron chi connectivity index (χ1n) is 15.8. The Morgan fingerprint density at radius 2 is 0.691 bits per heavy atom. The van der Waals surface area contributed by atoms with E-state index in [2.05, 4.69) is 44.2 Å². The molecule has 19 heteroatoms. The predicted octanol–water partition coefficient (Wildman–Crippen LogP) is 10.3. The molecule has 8 rings (SSSR count). The standard InChI is InChI=1S/2C18H13N3O.2BF4.Fe/c2*1-22-16-6-2-5-14(20-16)15-10-9-13-8-7-12-4-3-11-19-17(12)18(13)21-15;2*2-1(3,4)5;/h2*2-11H,1H3;;;/q;;2*-1;+2. The first-order chi connectivity index (χ1) is 25.7. The monoisotopic (exact) mass is 804 g/mol. The number of halogens is 8. The molecule has 6 aromatic heterocycles. The van der Waals surface area contributed by atoms with E-state index in [0.29, 0.717) is 11.8 Å². The Morgan fingerprint density at radius 3 is 1.04 bits per heavy atom. The maximum absolute atomic E-state index is 9.75. The van der Waals surface area contributed by atoms with E-state index in [9.17, 15) is 34.5 Å². The van der Waals surface area contributed by atoms with Gasteiger partial charge in [0.15, 0.2) is 0 Å². The van der Waals surface area contributed by atoms with Crippen molar-refractivity contribution in [1.82, 2.24) is 29.9 Å². The summed E-state index contributed by atoms with van der Waals surface area (Å²) in [6, 6.07) is 35.6. The molecule has 0 spiro atoms. The van der Waals surface area contributed by atoms with Gasteiger partial charge in [-0.3, -0.25) is 9.97 Å². The van der Waals surface area contributed by atoms with Crippen molar-refractivity contribution in [3.05, 3.63) is 122 Å². The Hall–Kier alpha value is -5.93. The van der Waals surface area contributed by atoms with Gasteiger partial charge in [0.1, 0.15) is 0 Å². The van der Waals surface area contributed by atoms with E-state index in [4.69, 9.17) is 19.4 Å². The Bertz CT molecular complexity index is 2350. The van der Waals surface area contributed by atoms with Crippen molar-refractivity contribution in [3.8, 4) is 34.5 Å². The molecule has 0 fully saturated rings. The van der Waals surface area contributed by atoms with Crippen LogP contribution < -0.4 is 9.47 Å².